The maximum atomic E-state index is 13.1. The molecule has 4 heteroatoms. The Morgan fingerprint density at radius 2 is 2.19 bits per heavy atom. The summed E-state index contributed by atoms with van der Waals surface area (Å²) < 4.78 is 16.1. The number of aryl methyl sites for hydroxylation is 1. The molecule has 0 aliphatic rings. The van der Waals surface area contributed by atoms with Crippen LogP contribution in [0.1, 0.15) is 26.2 Å². The van der Waals surface area contributed by atoms with E-state index in [0.29, 0.717) is 0 Å². The van der Waals surface area contributed by atoms with Crippen molar-refractivity contribution in [3.8, 4) is 0 Å². The molecular weight excluding hydrogens is 318 g/mol. The predicted molar refractivity (Wildman–Crippen MR) is 71.9 cm³/mol. The van der Waals surface area contributed by atoms with Gasteiger partial charge in [0.15, 0.2) is 0 Å². The van der Waals surface area contributed by atoms with Crippen molar-refractivity contribution in [2.75, 3.05) is 0 Å². The zero-order valence-electron chi connectivity index (χ0n) is 9.21. The second kappa shape index (κ2) is 5.12. The molecule has 0 spiro atoms. The smallest absolute Gasteiger partial charge is 0.124 e. The molecule has 1 heterocycles. The molecule has 0 aliphatic heterocycles. The quantitative estimate of drug-likeness (QED) is 0.612. The van der Waals surface area contributed by atoms with Gasteiger partial charge in [0, 0.05) is 11.9 Å². The van der Waals surface area contributed by atoms with Crippen LogP contribution in [0.3, 0.4) is 0 Å². The molecule has 2 rings (SSSR count). The molecule has 0 saturated carbocycles. The van der Waals surface area contributed by atoms with Gasteiger partial charge in [-0.2, -0.15) is 5.10 Å². The lowest BCUT2D eigenvalue weighted by Crippen LogP contribution is -2.01. The topological polar surface area (TPSA) is 17.8 Å². The van der Waals surface area contributed by atoms with Crippen molar-refractivity contribution in [3.05, 3.63) is 27.7 Å². The molecule has 0 radical (unpaired) electrons. The zero-order valence-corrected chi connectivity index (χ0v) is 11.4. The number of unbranched alkanes of at least 4 members (excludes halogenated alkanes) is 2. The summed E-state index contributed by atoms with van der Waals surface area (Å²) >= 11 is 2.24. The van der Waals surface area contributed by atoms with Gasteiger partial charge in [0.2, 0.25) is 0 Å². The Morgan fingerprint density at radius 1 is 1.38 bits per heavy atom. The fourth-order valence-corrected chi connectivity index (χ4v) is 2.51. The van der Waals surface area contributed by atoms with E-state index in [4.69, 9.17) is 0 Å². The molecule has 0 amide bonds. The Bertz CT molecular complexity index is 493. The van der Waals surface area contributed by atoms with Crippen molar-refractivity contribution >= 4 is 33.5 Å². The van der Waals surface area contributed by atoms with Crippen molar-refractivity contribution in [2.45, 2.75) is 32.7 Å². The molecule has 1 aromatic heterocycles. The van der Waals surface area contributed by atoms with Crippen LogP contribution in [0.15, 0.2) is 18.2 Å². The van der Waals surface area contributed by atoms with Gasteiger partial charge in [-0.05, 0) is 47.2 Å². The van der Waals surface area contributed by atoms with Crippen molar-refractivity contribution in [1.29, 1.82) is 0 Å². The van der Waals surface area contributed by atoms with E-state index in [9.17, 15) is 4.39 Å². The minimum Gasteiger partial charge on any atom is -0.258 e. The number of fused-ring (bicyclic) bond motifs is 1. The van der Waals surface area contributed by atoms with Crippen molar-refractivity contribution in [2.24, 2.45) is 0 Å². The molecule has 0 fully saturated rings. The van der Waals surface area contributed by atoms with Crippen LogP contribution in [0.5, 0.6) is 0 Å². The molecule has 0 unspecified atom stereocenters. The van der Waals surface area contributed by atoms with Crippen LogP contribution < -0.4 is 0 Å². The molecule has 0 atom stereocenters. The summed E-state index contributed by atoms with van der Waals surface area (Å²) in [5.74, 6) is -0.196. The van der Waals surface area contributed by atoms with Crippen LogP contribution >= 0.6 is 22.6 Å². The van der Waals surface area contributed by atoms with Gasteiger partial charge in [-0.25, -0.2) is 4.39 Å². The summed E-state index contributed by atoms with van der Waals surface area (Å²) in [4.78, 5) is 0. The van der Waals surface area contributed by atoms with Crippen LogP contribution in [-0.2, 0) is 6.54 Å². The third kappa shape index (κ3) is 2.36. The minimum atomic E-state index is -0.196. The first kappa shape index (κ1) is 11.8. The SMILES string of the molecule is CCCCCn1nc2ccc(F)cc2c1I. The van der Waals surface area contributed by atoms with Crippen molar-refractivity contribution in [1.82, 2.24) is 9.78 Å². The highest BCUT2D eigenvalue weighted by molar-refractivity contribution is 14.1. The standard InChI is InChI=1S/C12H14FIN2/c1-2-3-4-7-16-12(14)10-8-9(13)5-6-11(10)15-16/h5-6,8H,2-4,7H2,1H3. The average molecular weight is 332 g/mol. The fraction of sp³-hybridized carbons (Fsp3) is 0.417. The Kier molecular flexibility index (Phi) is 3.78. The summed E-state index contributed by atoms with van der Waals surface area (Å²) in [6.07, 6.45) is 3.54. The van der Waals surface area contributed by atoms with E-state index in [-0.39, 0.29) is 5.82 Å². The summed E-state index contributed by atoms with van der Waals surface area (Å²) in [5.41, 5.74) is 0.877. The first-order valence-corrected chi connectivity index (χ1v) is 6.62. The normalized spacial score (nSPS) is 11.2. The molecule has 0 saturated heterocycles. The van der Waals surface area contributed by atoms with E-state index in [1.165, 1.54) is 18.9 Å². The highest BCUT2D eigenvalue weighted by Gasteiger charge is 2.08. The first-order chi connectivity index (χ1) is 7.72. The number of rotatable bonds is 4. The zero-order chi connectivity index (χ0) is 11.5. The molecule has 0 aliphatic carbocycles. The van der Waals surface area contributed by atoms with E-state index >= 15 is 0 Å². The number of benzene rings is 1. The summed E-state index contributed by atoms with van der Waals surface area (Å²) in [7, 11) is 0. The average Bonchev–Trinajstić information content (AvgIpc) is 2.57. The highest BCUT2D eigenvalue weighted by Crippen LogP contribution is 2.21. The molecule has 1 aromatic carbocycles. The maximum absolute atomic E-state index is 13.1. The van der Waals surface area contributed by atoms with Gasteiger partial charge >= 0.3 is 0 Å². The van der Waals surface area contributed by atoms with Crippen LogP contribution in [0.25, 0.3) is 10.9 Å². The van der Waals surface area contributed by atoms with Crippen molar-refractivity contribution in [3.63, 3.8) is 0 Å². The molecule has 2 aromatic rings. The van der Waals surface area contributed by atoms with Gasteiger partial charge in [-0.1, -0.05) is 19.8 Å². The van der Waals surface area contributed by atoms with Crippen LogP contribution in [-0.4, -0.2) is 9.78 Å². The number of halogens is 2. The summed E-state index contributed by atoms with van der Waals surface area (Å²) in [5, 5.41) is 5.38. The molecule has 16 heavy (non-hydrogen) atoms. The Morgan fingerprint density at radius 3 is 2.94 bits per heavy atom. The minimum absolute atomic E-state index is 0.196. The van der Waals surface area contributed by atoms with Crippen molar-refractivity contribution < 1.29 is 4.39 Å². The molecule has 86 valence electrons. The fourth-order valence-electron chi connectivity index (χ4n) is 1.73. The van der Waals surface area contributed by atoms with Gasteiger partial charge in [0.05, 0.1) is 5.52 Å². The Balaban J connectivity index is 2.29. The van der Waals surface area contributed by atoms with Gasteiger partial charge in [0.1, 0.15) is 9.52 Å². The van der Waals surface area contributed by atoms with E-state index in [1.54, 1.807) is 12.1 Å². The lowest BCUT2D eigenvalue weighted by Gasteiger charge is -2.01. The Hall–Kier alpha value is -0.650. The van der Waals surface area contributed by atoms with Gasteiger partial charge in [-0.3, -0.25) is 4.68 Å². The van der Waals surface area contributed by atoms with E-state index < -0.39 is 0 Å². The van der Waals surface area contributed by atoms with Gasteiger partial charge < -0.3 is 0 Å². The van der Waals surface area contributed by atoms with E-state index in [2.05, 4.69) is 34.6 Å². The molecular formula is C12H14FIN2. The van der Waals surface area contributed by atoms with Gasteiger partial charge in [0.25, 0.3) is 0 Å². The number of aromatic nitrogens is 2. The molecule has 0 bridgehead atoms. The summed E-state index contributed by atoms with van der Waals surface area (Å²) in [6.45, 7) is 3.10. The Labute approximate surface area is 108 Å². The lowest BCUT2D eigenvalue weighted by atomic mass is 10.2. The summed E-state index contributed by atoms with van der Waals surface area (Å²) in [6, 6.07) is 4.76. The number of hydrogen-bond donors (Lipinski definition) is 0. The second-order valence-corrected chi connectivity index (χ2v) is 4.90. The molecule has 2 nitrogen and oxygen atoms in total. The predicted octanol–water partition coefficient (Wildman–Crippen LogP) is 3.97. The monoisotopic (exact) mass is 332 g/mol. The highest BCUT2D eigenvalue weighted by atomic mass is 127. The largest absolute Gasteiger partial charge is 0.258 e. The molecule has 0 N–H and O–H groups in total. The van der Waals surface area contributed by atoms with Crippen LogP contribution in [0, 0.1) is 9.52 Å². The van der Waals surface area contributed by atoms with Crippen LogP contribution in [0.4, 0.5) is 4.39 Å². The lowest BCUT2D eigenvalue weighted by molar-refractivity contribution is 0.548. The van der Waals surface area contributed by atoms with Crippen LogP contribution in [0.2, 0.25) is 0 Å². The second-order valence-electron chi connectivity index (χ2n) is 3.88. The van der Waals surface area contributed by atoms with E-state index in [0.717, 1.165) is 27.6 Å². The number of hydrogen-bond acceptors (Lipinski definition) is 1. The third-order valence-electron chi connectivity index (χ3n) is 2.61. The number of nitrogens with zero attached hydrogens (tertiary/aromatic N) is 2. The van der Waals surface area contributed by atoms with Gasteiger partial charge in [-0.15, -0.1) is 0 Å². The maximum Gasteiger partial charge on any atom is 0.124 e. The third-order valence-corrected chi connectivity index (χ3v) is 3.75. The first-order valence-electron chi connectivity index (χ1n) is 5.54. The van der Waals surface area contributed by atoms with E-state index in [1.807, 2.05) is 4.68 Å².